The number of benzene rings is 1. The lowest BCUT2D eigenvalue weighted by Gasteiger charge is -2.08. The fraction of sp³-hybridized carbons (Fsp3) is 0.462. The van der Waals surface area contributed by atoms with Crippen LogP contribution in [0.1, 0.15) is 16.8 Å². The number of aldehydes is 1. The molecule has 0 fully saturated rings. The average molecular weight is 256 g/mol. The highest BCUT2D eigenvalue weighted by Crippen LogP contribution is 2.17. The van der Waals surface area contributed by atoms with Crippen LogP contribution in [0.5, 0.6) is 5.75 Å². The molecule has 0 amide bonds. The molecule has 0 heterocycles. The summed E-state index contributed by atoms with van der Waals surface area (Å²) in [4.78, 5) is 10.7. The Balaban J connectivity index is 2.25. The Morgan fingerprint density at radius 2 is 2.06 bits per heavy atom. The van der Waals surface area contributed by atoms with Gasteiger partial charge < -0.3 is 14.2 Å². The van der Waals surface area contributed by atoms with E-state index in [1.807, 2.05) is 0 Å². The molecule has 0 aliphatic heterocycles. The van der Waals surface area contributed by atoms with Crippen LogP contribution in [0.15, 0.2) is 18.2 Å². The van der Waals surface area contributed by atoms with E-state index in [0.717, 1.165) is 12.5 Å². The van der Waals surface area contributed by atoms with Gasteiger partial charge in [0.1, 0.15) is 18.2 Å². The van der Waals surface area contributed by atoms with Gasteiger partial charge in [-0.05, 0) is 24.6 Å². The summed E-state index contributed by atoms with van der Waals surface area (Å²) >= 11 is 0. The Morgan fingerprint density at radius 1 is 1.22 bits per heavy atom. The average Bonchev–Trinajstić information content (AvgIpc) is 2.39. The summed E-state index contributed by atoms with van der Waals surface area (Å²) in [7, 11) is 1.64. The van der Waals surface area contributed by atoms with E-state index in [-0.39, 0.29) is 5.56 Å². The molecule has 18 heavy (non-hydrogen) atoms. The first kappa shape index (κ1) is 14.6. The summed E-state index contributed by atoms with van der Waals surface area (Å²) in [5, 5.41) is 0. The standard InChI is InChI=1S/C13H17FO4/c1-16-5-2-6-17-7-8-18-13-4-3-12(14)9-11(13)10-15/h3-4,9-10H,2,5-8H2,1H3. The van der Waals surface area contributed by atoms with Gasteiger partial charge in [0.25, 0.3) is 0 Å². The second-order valence-corrected chi connectivity index (χ2v) is 3.61. The van der Waals surface area contributed by atoms with Crippen molar-refractivity contribution in [2.45, 2.75) is 6.42 Å². The molecule has 1 rings (SSSR count). The lowest BCUT2D eigenvalue weighted by molar-refractivity contribution is 0.0802. The van der Waals surface area contributed by atoms with E-state index < -0.39 is 5.82 Å². The van der Waals surface area contributed by atoms with Gasteiger partial charge in [-0.25, -0.2) is 4.39 Å². The zero-order chi connectivity index (χ0) is 13.2. The summed E-state index contributed by atoms with van der Waals surface area (Å²) < 4.78 is 28.3. The van der Waals surface area contributed by atoms with Crippen LogP contribution in [-0.4, -0.2) is 39.8 Å². The van der Waals surface area contributed by atoms with Gasteiger partial charge in [0.2, 0.25) is 0 Å². The molecule has 100 valence electrons. The number of carbonyl (C=O) groups excluding carboxylic acids is 1. The molecule has 1 aromatic rings. The number of halogens is 1. The van der Waals surface area contributed by atoms with Crippen LogP contribution in [0.25, 0.3) is 0 Å². The molecule has 5 heteroatoms. The molecule has 4 nitrogen and oxygen atoms in total. The Hall–Kier alpha value is -1.46. The number of methoxy groups -OCH3 is 1. The molecule has 0 unspecified atom stereocenters. The molecular weight excluding hydrogens is 239 g/mol. The lowest BCUT2D eigenvalue weighted by Crippen LogP contribution is -2.09. The SMILES string of the molecule is COCCCOCCOc1ccc(F)cc1C=O. The van der Waals surface area contributed by atoms with E-state index in [1.54, 1.807) is 7.11 Å². The summed E-state index contributed by atoms with van der Waals surface area (Å²) in [5.41, 5.74) is 0.203. The van der Waals surface area contributed by atoms with Crippen molar-refractivity contribution in [1.82, 2.24) is 0 Å². The van der Waals surface area contributed by atoms with Gasteiger partial charge in [-0.1, -0.05) is 0 Å². The highest BCUT2D eigenvalue weighted by molar-refractivity contribution is 5.79. The van der Waals surface area contributed by atoms with Crippen LogP contribution >= 0.6 is 0 Å². The number of rotatable bonds is 9. The molecule has 0 aliphatic carbocycles. The number of hydrogen-bond acceptors (Lipinski definition) is 4. The van der Waals surface area contributed by atoms with Crippen molar-refractivity contribution in [2.24, 2.45) is 0 Å². The van der Waals surface area contributed by atoms with Gasteiger partial charge in [-0.15, -0.1) is 0 Å². The molecule has 0 atom stereocenters. The zero-order valence-electron chi connectivity index (χ0n) is 10.4. The number of hydrogen-bond donors (Lipinski definition) is 0. The third kappa shape index (κ3) is 5.25. The third-order valence-corrected chi connectivity index (χ3v) is 2.22. The Labute approximate surface area is 106 Å². The summed E-state index contributed by atoms with van der Waals surface area (Å²) in [5.74, 6) is -0.0906. The van der Waals surface area contributed by atoms with Gasteiger partial charge in [-0.2, -0.15) is 0 Å². The molecule has 0 aliphatic rings. The largest absolute Gasteiger partial charge is 0.490 e. The van der Waals surface area contributed by atoms with E-state index in [4.69, 9.17) is 14.2 Å². The van der Waals surface area contributed by atoms with E-state index in [9.17, 15) is 9.18 Å². The van der Waals surface area contributed by atoms with Gasteiger partial charge in [0, 0.05) is 20.3 Å². The predicted molar refractivity (Wildman–Crippen MR) is 64.6 cm³/mol. The third-order valence-electron chi connectivity index (χ3n) is 2.22. The van der Waals surface area contributed by atoms with Crippen LogP contribution < -0.4 is 4.74 Å². The topological polar surface area (TPSA) is 44.8 Å². The van der Waals surface area contributed by atoms with Crippen molar-refractivity contribution in [3.8, 4) is 5.75 Å². The molecular formula is C13H17FO4. The van der Waals surface area contributed by atoms with Crippen molar-refractivity contribution in [3.05, 3.63) is 29.6 Å². The highest BCUT2D eigenvalue weighted by Gasteiger charge is 2.04. The van der Waals surface area contributed by atoms with Crippen molar-refractivity contribution in [1.29, 1.82) is 0 Å². The minimum absolute atomic E-state index is 0.203. The van der Waals surface area contributed by atoms with Crippen molar-refractivity contribution in [2.75, 3.05) is 33.5 Å². The summed E-state index contributed by atoms with van der Waals surface area (Å²) in [6, 6.07) is 3.83. The fourth-order valence-electron chi connectivity index (χ4n) is 1.36. The summed E-state index contributed by atoms with van der Waals surface area (Å²) in [6.45, 7) is 1.99. The van der Waals surface area contributed by atoms with E-state index in [0.29, 0.717) is 38.5 Å². The Morgan fingerprint density at radius 3 is 2.78 bits per heavy atom. The van der Waals surface area contributed by atoms with E-state index in [1.165, 1.54) is 12.1 Å². The molecule has 0 aromatic heterocycles. The van der Waals surface area contributed by atoms with Crippen molar-refractivity contribution in [3.63, 3.8) is 0 Å². The van der Waals surface area contributed by atoms with Gasteiger partial charge in [0.15, 0.2) is 6.29 Å². The maximum atomic E-state index is 12.8. The normalized spacial score (nSPS) is 10.3. The first-order valence-electron chi connectivity index (χ1n) is 5.72. The molecule has 1 aromatic carbocycles. The van der Waals surface area contributed by atoms with Gasteiger partial charge in [0.05, 0.1) is 12.2 Å². The number of carbonyl (C=O) groups is 1. The quantitative estimate of drug-likeness (QED) is 0.501. The van der Waals surface area contributed by atoms with Crippen LogP contribution in [-0.2, 0) is 9.47 Å². The molecule has 0 bridgehead atoms. The van der Waals surface area contributed by atoms with Crippen molar-refractivity contribution >= 4 is 6.29 Å². The van der Waals surface area contributed by atoms with Crippen LogP contribution in [0.2, 0.25) is 0 Å². The monoisotopic (exact) mass is 256 g/mol. The van der Waals surface area contributed by atoms with Crippen LogP contribution in [0.4, 0.5) is 4.39 Å². The van der Waals surface area contributed by atoms with Crippen molar-refractivity contribution < 1.29 is 23.4 Å². The van der Waals surface area contributed by atoms with Crippen LogP contribution in [0.3, 0.4) is 0 Å². The minimum Gasteiger partial charge on any atom is -0.490 e. The molecule has 0 saturated carbocycles. The van der Waals surface area contributed by atoms with Gasteiger partial charge >= 0.3 is 0 Å². The zero-order valence-corrected chi connectivity index (χ0v) is 10.4. The van der Waals surface area contributed by atoms with Gasteiger partial charge in [-0.3, -0.25) is 4.79 Å². The Kier molecular flexibility index (Phi) is 6.98. The van der Waals surface area contributed by atoms with Crippen LogP contribution in [0, 0.1) is 5.82 Å². The molecule has 0 radical (unpaired) electrons. The minimum atomic E-state index is -0.458. The maximum Gasteiger partial charge on any atom is 0.153 e. The first-order chi connectivity index (χ1) is 8.77. The van der Waals surface area contributed by atoms with E-state index in [2.05, 4.69) is 0 Å². The second kappa shape index (κ2) is 8.60. The Bertz CT molecular complexity index is 368. The molecule has 0 spiro atoms. The maximum absolute atomic E-state index is 12.8. The smallest absolute Gasteiger partial charge is 0.153 e. The predicted octanol–water partition coefficient (Wildman–Crippen LogP) is 2.07. The fourth-order valence-corrected chi connectivity index (χ4v) is 1.36. The summed E-state index contributed by atoms with van der Waals surface area (Å²) in [6.07, 6.45) is 1.39. The number of ether oxygens (including phenoxy) is 3. The van der Waals surface area contributed by atoms with E-state index >= 15 is 0 Å². The molecule has 0 N–H and O–H groups in total. The molecule has 0 saturated heterocycles. The highest BCUT2D eigenvalue weighted by atomic mass is 19.1. The lowest BCUT2D eigenvalue weighted by atomic mass is 10.2. The first-order valence-corrected chi connectivity index (χ1v) is 5.72. The second-order valence-electron chi connectivity index (χ2n) is 3.61.